The van der Waals surface area contributed by atoms with E-state index in [2.05, 4.69) is 4.98 Å². The van der Waals surface area contributed by atoms with Crippen molar-refractivity contribution in [2.75, 3.05) is 6.54 Å². The molecule has 2 N–H and O–H groups in total. The molecule has 0 saturated heterocycles. The molecule has 1 heterocycles. The van der Waals surface area contributed by atoms with Crippen LogP contribution in [0.1, 0.15) is 23.6 Å². The van der Waals surface area contributed by atoms with Crippen molar-refractivity contribution in [1.82, 2.24) is 4.98 Å². The summed E-state index contributed by atoms with van der Waals surface area (Å²) in [4.78, 5) is 4.33. The SMILES string of the molecule is NCCC(c1cccc(F)c1)c1ccccn1. The highest BCUT2D eigenvalue weighted by Crippen LogP contribution is 2.26. The van der Waals surface area contributed by atoms with Crippen LogP contribution in [0.25, 0.3) is 0 Å². The molecule has 0 bridgehead atoms. The second-order valence-corrected chi connectivity index (χ2v) is 3.94. The van der Waals surface area contributed by atoms with Gasteiger partial charge in [-0.3, -0.25) is 4.98 Å². The Morgan fingerprint density at radius 2 is 2.06 bits per heavy atom. The highest BCUT2D eigenvalue weighted by molar-refractivity contribution is 5.28. The van der Waals surface area contributed by atoms with Crippen molar-refractivity contribution in [1.29, 1.82) is 0 Å². The summed E-state index contributed by atoms with van der Waals surface area (Å²) in [6.45, 7) is 0.553. The number of halogens is 1. The molecule has 0 amide bonds. The van der Waals surface area contributed by atoms with Crippen molar-refractivity contribution in [3.05, 3.63) is 65.7 Å². The summed E-state index contributed by atoms with van der Waals surface area (Å²) in [5.41, 5.74) is 7.48. The molecule has 88 valence electrons. The van der Waals surface area contributed by atoms with E-state index in [9.17, 15) is 4.39 Å². The Morgan fingerprint density at radius 3 is 2.71 bits per heavy atom. The summed E-state index contributed by atoms with van der Waals surface area (Å²) in [6, 6.07) is 12.4. The van der Waals surface area contributed by atoms with E-state index in [-0.39, 0.29) is 11.7 Å². The number of aromatic nitrogens is 1. The standard InChI is InChI=1S/C14H15FN2/c15-12-5-3-4-11(10-12)13(7-8-16)14-6-1-2-9-17-14/h1-6,9-10,13H,7-8,16H2. The molecule has 3 heteroatoms. The lowest BCUT2D eigenvalue weighted by Crippen LogP contribution is -2.10. The molecule has 2 nitrogen and oxygen atoms in total. The third-order valence-electron chi connectivity index (χ3n) is 2.75. The van der Waals surface area contributed by atoms with Crippen LogP contribution >= 0.6 is 0 Å². The lowest BCUT2D eigenvalue weighted by atomic mass is 9.92. The molecule has 0 radical (unpaired) electrons. The van der Waals surface area contributed by atoms with E-state index < -0.39 is 0 Å². The monoisotopic (exact) mass is 230 g/mol. The molecule has 1 aromatic heterocycles. The quantitative estimate of drug-likeness (QED) is 0.877. The zero-order valence-electron chi connectivity index (χ0n) is 9.51. The van der Waals surface area contributed by atoms with E-state index in [1.54, 1.807) is 18.3 Å². The average Bonchev–Trinajstić information content (AvgIpc) is 2.37. The van der Waals surface area contributed by atoms with E-state index in [0.29, 0.717) is 6.54 Å². The number of rotatable bonds is 4. The first-order chi connectivity index (χ1) is 8.31. The summed E-state index contributed by atoms with van der Waals surface area (Å²) in [5, 5.41) is 0. The van der Waals surface area contributed by atoms with Crippen LogP contribution in [-0.4, -0.2) is 11.5 Å². The van der Waals surface area contributed by atoms with Gasteiger partial charge in [-0.1, -0.05) is 18.2 Å². The van der Waals surface area contributed by atoms with Crippen LogP contribution < -0.4 is 5.73 Å². The van der Waals surface area contributed by atoms with Gasteiger partial charge in [0.05, 0.1) is 0 Å². The summed E-state index contributed by atoms with van der Waals surface area (Å²) < 4.78 is 13.2. The van der Waals surface area contributed by atoms with Crippen LogP contribution in [0.15, 0.2) is 48.7 Å². The van der Waals surface area contributed by atoms with Gasteiger partial charge in [0, 0.05) is 17.8 Å². The van der Waals surface area contributed by atoms with Crippen molar-refractivity contribution in [3.63, 3.8) is 0 Å². The summed E-state index contributed by atoms with van der Waals surface area (Å²) in [6.07, 6.45) is 2.51. The van der Waals surface area contributed by atoms with Crippen LogP contribution in [0.4, 0.5) is 4.39 Å². The Morgan fingerprint density at radius 1 is 1.18 bits per heavy atom. The van der Waals surface area contributed by atoms with Crippen LogP contribution in [0.2, 0.25) is 0 Å². The van der Waals surface area contributed by atoms with Crippen LogP contribution in [0, 0.1) is 5.82 Å². The van der Waals surface area contributed by atoms with Crippen LogP contribution in [0.3, 0.4) is 0 Å². The van der Waals surface area contributed by atoms with Gasteiger partial charge in [0.25, 0.3) is 0 Å². The van der Waals surface area contributed by atoms with Crippen molar-refractivity contribution in [2.45, 2.75) is 12.3 Å². The van der Waals surface area contributed by atoms with Crippen molar-refractivity contribution < 1.29 is 4.39 Å². The highest BCUT2D eigenvalue weighted by atomic mass is 19.1. The van der Waals surface area contributed by atoms with Gasteiger partial charge in [0.1, 0.15) is 5.82 Å². The van der Waals surface area contributed by atoms with E-state index in [1.165, 1.54) is 6.07 Å². The molecule has 1 atom stereocenters. The zero-order valence-corrected chi connectivity index (χ0v) is 9.51. The van der Waals surface area contributed by atoms with Gasteiger partial charge in [0.15, 0.2) is 0 Å². The topological polar surface area (TPSA) is 38.9 Å². The van der Waals surface area contributed by atoms with Gasteiger partial charge in [-0.2, -0.15) is 0 Å². The maximum atomic E-state index is 13.2. The summed E-state index contributed by atoms with van der Waals surface area (Å²) in [7, 11) is 0. The minimum atomic E-state index is -0.222. The molecule has 1 aromatic carbocycles. The number of hydrogen-bond donors (Lipinski definition) is 1. The number of nitrogens with zero attached hydrogens (tertiary/aromatic N) is 1. The normalized spacial score (nSPS) is 12.4. The van der Waals surface area contributed by atoms with E-state index in [4.69, 9.17) is 5.73 Å². The molecule has 17 heavy (non-hydrogen) atoms. The van der Waals surface area contributed by atoms with Crippen LogP contribution in [-0.2, 0) is 0 Å². The predicted octanol–water partition coefficient (Wildman–Crippen LogP) is 2.70. The van der Waals surface area contributed by atoms with E-state index in [0.717, 1.165) is 17.7 Å². The second kappa shape index (κ2) is 5.55. The van der Waals surface area contributed by atoms with Crippen molar-refractivity contribution in [2.24, 2.45) is 5.73 Å². The fourth-order valence-electron chi connectivity index (χ4n) is 1.96. The minimum absolute atomic E-state index is 0.0666. The van der Waals surface area contributed by atoms with Gasteiger partial charge in [0.2, 0.25) is 0 Å². The van der Waals surface area contributed by atoms with Gasteiger partial charge in [-0.05, 0) is 42.8 Å². The number of nitrogens with two attached hydrogens (primary N) is 1. The Bertz CT molecular complexity index is 471. The molecular formula is C14H15FN2. The van der Waals surface area contributed by atoms with Gasteiger partial charge in [-0.15, -0.1) is 0 Å². The molecule has 0 saturated carbocycles. The predicted molar refractivity (Wildman–Crippen MR) is 66.2 cm³/mol. The summed E-state index contributed by atoms with van der Waals surface area (Å²) in [5.74, 6) is -0.155. The third kappa shape index (κ3) is 2.88. The molecule has 2 rings (SSSR count). The van der Waals surface area contributed by atoms with Crippen molar-refractivity contribution in [3.8, 4) is 0 Å². The maximum absolute atomic E-state index is 13.2. The molecule has 0 aliphatic carbocycles. The molecular weight excluding hydrogens is 215 g/mol. The summed E-state index contributed by atoms with van der Waals surface area (Å²) >= 11 is 0. The molecule has 0 aliphatic rings. The number of hydrogen-bond acceptors (Lipinski definition) is 2. The Balaban J connectivity index is 2.35. The number of pyridine rings is 1. The molecule has 2 aromatic rings. The van der Waals surface area contributed by atoms with Gasteiger partial charge in [-0.25, -0.2) is 4.39 Å². The van der Waals surface area contributed by atoms with Crippen LogP contribution in [0.5, 0.6) is 0 Å². The fraction of sp³-hybridized carbons (Fsp3) is 0.214. The molecule has 0 fully saturated rings. The maximum Gasteiger partial charge on any atom is 0.123 e. The lowest BCUT2D eigenvalue weighted by Gasteiger charge is -2.15. The van der Waals surface area contributed by atoms with E-state index >= 15 is 0 Å². The second-order valence-electron chi connectivity index (χ2n) is 3.94. The van der Waals surface area contributed by atoms with Gasteiger partial charge < -0.3 is 5.73 Å². The highest BCUT2D eigenvalue weighted by Gasteiger charge is 2.14. The fourth-order valence-corrected chi connectivity index (χ4v) is 1.96. The smallest absolute Gasteiger partial charge is 0.123 e. The first kappa shape index (κ1) is 11.7. The zero-order chi connectivity index (χ0) is 12.1. The average molecular weight is 230 g/mol. The van der Waals surface area contributed by atoms with E-state index in [1.807, 2.05) is 24.3 Å². The van der Waals surface area contributed by atoms with Crippen molar-refractivity contribution >= 4 is 0 Å². The Labute approximate surface area is 100 Å². The first-order valence-electron chi connectivity index (χ1n) is 5.67. The number of benzene rings is 1. The lowest BCUT2D eigenvalue weighted by molar-refractivity contribution is 0.619. The van der Waals surface area contributed by atoms with Gasteiger partial charge >= 0.3 is 0 Å². The largest absolute Gasteiger partial charge is 0.330 e. The molecule has 1 unspecified atom stereocenters. The minimum Gasteiger partial charge on any atom is -0.330 e. The molecule has 0 spiro atoms. The first-order valence-corrected chi connectivity index (χ1v) is 5.67. The third-order valence-corrected chi connectivity index (χ3v) is 2.75. The molecule has 0 aliphatic heterocycles. The Hall–Kier alpha value is -1.74. The Kier molecular flexibility index (Phi) is 3.83.